The highest BCUT2D eigenvalue weighted by Crippen LogP contribution is 2.35. The number of hydrogen-bond donors (Lipinski definition) is 1. The number of carbonyl (C=O) groups is 1. The molecule has 1 atom stereocenters. The van der Waals surface area contributed by atoms with Crippen molar-refractivity contribution >= 4 is 5.91 Å². The van der Waals surface area contributed by atoms with Gasteiger partial charge >= 0.3 is 0 Å². The Balaban J connectivity index is 1.43. The lowest BCUT2D eigenvalue weighted by Crippen LogP contribution is -2.56. The summed E-state index contributed by atoms with van der Waals surface area (Å²) in [7, 11) is 0. The van der Waals surface area contributed by atoms with Gasteiger partial charge in [0.05, 0.1) is 11.7 Å². The second-order valence-corrected chi connectivity index (χ2v) is 6.32. The summed E-state index contributed by atoms with van der Waals surface area (Å²) in [4.78, 5) is 14.2. The number of hydrogen-bond acceptors (Lipinski definition) is 4. The van der Waals surface area contributed by atoms with E-state index in [4.69, 9.17) is 4.74 Å². The SMILES string of the molecule is O=C(CCCn1cccn1)N1CCC2(CC1)OCCCC2O. The number of aryl methyl sites for hydroxylation is 1. The van der Waals surface area contributed by atoms with Crippen molar-refractivity contribution in [1.82, 2.24) is 14.7 Å². The Kier molecular flexibility index (Phi) is 4.78. The molecule has 6 nitrogen and oxygen atoms in total. The molecule has 6 heteroatoms. The van der Waals surface area contributed by atoms with Crippen LogP contribution in [0.3, 0.4) is 0 Å². The summed E-state index contributed by atoms with van der Waals surface area (Å²) in [6.07, 6.45) is 7.89. The highest BCUT2D eigenvalue weighted by atomic mass is 16.5. The fraction of sp³-hybridized carbons (Fsp3) is 0.750. The number of nitrogens with zero attached hydrogens (tertiary/aromatic N) is 3. The molecule has 2 fully saturated rings. The summed E-state index contributed by atoms with van der Waals surface area (Å²) in [5.74, 6) is 0.201. The van der Waals surface area contributed by atoms with Crippen LogP contribution in [0, 0.1) is 0 Å². The molecule has 0 aliphatic carbocycles. The van der Waals surface area contributed by atoms with E-state index in [-0.39, 0.29) is 12.0 Å². The number of rotatable bonds is 4. The molecule has 1 aromatic rings. The van der Waals surface area contributed by atoms with Crippen molar-refractivity contribution < 1.29 is 14.6 Å². The molecular formula is C16H25N3O3. The normalized spacial score (nSPS) is 24.6. The smallest absolute Gasteiger partial charge is 0.222 e. The van der Waals surface area contributed by atoms with Crippen LogP contribution in [0.5, 0.6) is 0 Å². The zero-order valence-electron chi connectivity index (χ0n) is 13.0. The molecule has 1 unspecified atom stereocenters. The first-order valence-corrected chi connectivity index (χ1v) is 8.27. The predicted octanol–water partition coefficient (Wildman–Crippen LogP) is 1.20. The van der Waals surface area contributed by atoms with E-state index in [0.29, 0.717) is 19.5 Å². The van der Waals surface area contributed by atoms with E-state index in [0.717, 1.165) is 45.3 Å². The third kappa shape index (κ3) is 3.33. The Morgan fingerprint density at radius 3 is 2.91 bits per heavy atom. The Morgan fingerprint density at radius 1 is 1.41 bits per heavy atom. The van der Waals surface area contributed by atoms with Gasteiger partial charge in [-0.1, -0.05) is 0 Å². The van der Waals surface area contributed by atoms with Crippen LogP contribution in [0.2, 0.25) is 0 Å². The summed E-state index contributed by atoms with van der Waals surface area (Å²) in [6.45, 7) is 2.89. The second-order valence-electron chi connectivity index (χ2n) is 6.32. The van der Waals surface area contributed by atoms with Crippen LogP contribution in [0.1, 0.15) is 38.5 Å². The molecule has 3 rings (SSSR count). The molecule has 0 radical (unpaired) electrons. The first kappa shape index (κ1) is 15.5. The Bertz CT molecular complexity index is 481. The van der Waals surface area contributed by atoms with Crippen molar-refractivity contribution in [2.45, 2.75) is 56.8 Å². The minimum absolute atomic E-state index is 0.201. The zero-order chi connectivity index (χ0) is 15.4. The van der Waals surface area contributed by atoms with Crippen LogP contribution in [0.25, 0.3) is 0 Å². The summed E-state index contributed by atoms with van der Waals surface area (Å²) in [6, 6.07) is 1.89. The fourth-order valence-corrected chi connectivity index (χ4v) is 3.51. The van der Waals surface area contributed by atoms with Crippen molar-refractivity contribution in [1.29, 1.82) is 0 Å². The lowest BCUT2D eigenvalue weighted by molar-refractivity contribution is -0.179. The van der Waals surface area contributed by atoms with Gasteiger partial charge in [0.1, 0.15) is 0 Å². The van der Waals surface area contributed by atoms with Gasteiger partial charge in [0.15, 0.2) is 0 Å². The lowest BCUT2D eigenvalue weighted by atomic mass is 9.82. The van der Waals surface area contributed by atoms with Gasteiger partial charge in [-0.05, 0) is 38.2 Å². The Labute approximate surface area is 131 Å². The standard InChI is InChI=1S/C16H25N3O3/c20-14-4-2-13-22-16(14)6-11-18(12-7-16)15(21)5-1-9-19-10-3-8-17-19/h3,8,10,14,20H,1-2,4-7,9,11-13H2. The lowest BCUT2D eigenvalue weighted by Gasteiger charge is -2.46. The number of ether oxygens (including phenoxy) is 1. The molecule has 1 aromatic heterocycles. The Morgan fingerprint density at radius 2 is 2.23 bits per heavy atom. The molecule has 2 aliphatic heterocycles. The maximum absolute atomic E-state index is 12.3. The highest BCUT2D eigenvalue weighted by molar-refractivity contribution is 5.76. The molecule has 1 amide bonds. The monoisotopic (exact) mass is 307 g/mol. The largest absolute Gasteiger partial charge is 0.390 e. The Hall–Kier alpha value is -1.40. The highest BCUT2D eigenvalue weighted by Gasteiger charge is 2.44. The summed E-state index contributed by atoms with van der Waals surface area (Å²) in [5, 5.41) is 14.4. The zero-order valence-corrected chi connectivity index (χ0v) is 13.0. The number of likely N-dealkylation sites (tertiary alicyclic amines) is 1. The second kappa shape index (κ2) is 6.79. The number of piperidine rings is 1. The number of aliphatic hydroxyl groups is 1. The molecule has 0 aromatic carbocycles. The van der Waals surface area contributed by atoms with Crippen molar-refractivity contribution in [3.05, 3.63) is 18.5 Å². The third-order valence-corrected chi connectivity index (χ3v) is 4.92. The number of aliphatic hydroxyl groups excluding tert-OH is 1. The van der Waals surface area contributed by atoms with Crippen LogP contribution in [-0.2, 0) is 16.1 Å². The van der Waals surface area contributed by atoms with E-state index in [1.54, 1.807) is 6.20 Å². The van der Waals surface area contributed by atoms with Gasteiger partial charge in [0.25, 0.3) is 0 Å². The van der Waals surface area contributed by atoms with Crippen molar-refractivity contribution in [2.24, 2.45) is 0 Å². The number of aromatic nitrogens is 2. The van der Waals surface area contributed by atoms with Gasteiger partial charge in [-0.25, -0.2) is 0 Å². The van der Waals surface area contributed by atoms with E-state index < -0.39 is 5.60 Å². The molecule has 3 heterocycles. The summed E-state index contributed by atoms with van der Waals surface area (Å²) < 4.78 is 7.73. The van der Waals surface area contributed by atoms with Crippen LogP contribution in [0.15, 0.2) is 18.5 Å². The molecule has 1 N–H and O–H groups in total. The van der Waals surface area contributed by atoms with Gasteiger partial charge in [-0.15, -0.1) is 0 Å². The van der Waals surface area contributed by atoms with E-state index >= 15 is 0 Å². The van der Waals surface area contributed by atoms with Gasteiger partial charge in [-0.2, -0.15) is 5.10 Å². The van der Waals surface area contributed by atoms with Gasteiger partial charge in [0.2, 0.25) is 5.91 Å². The third-order valence-electron chi connectivity index (χ3n) is 4.92. The van der Waals surface area contributed by atoms with Gasteiger partial charge < -0.3 is 14.7 Å². The molecule has 22 heavy (non-hydrogen) atoms. The van der Waals surface area contributed by atoms with Crippen molar-refractivity contribution in [3.63, 3.8) is 0 Å². The van der Waals surface area contributed by atoms with E-state index in [1.165, 1.54) is 0 Å². The fourth-order valence-electron chi connectivity index (χ4n) is 3.51. The molecule has 0 bridgehead atoms. The summed E-state index contributed by atoms with van der Waals surface area (Å²) >= 11 is 0. The topological polar surface area (TPSA) is 67.6 Å². The average Bonchev–Trinajstić information content (AvgIpc) is 3.04. The van der Waals surface area contributed by atoms with Crippen LogP contribution in [0.4, 0.5) is 0 Å². The van der Waals surface area contributed by atoms with Gasteiger partial charge in [0, 0.05) is 45.1 Å². The van der Waals surface area contributed by atoms with Crippen LogP contribution < -0.4 is 0 Å². The summed E-state index contributed by atoms with van der Waals surface area (Å²) in [5.41, 5.74) is -0.399. The maximum Gasteiger partial charge on any atom is 0.222 e. The quantitative estimate of drug-likeness (QED) is 0.907. The minimum atomic E-state index is -0.399. The van der Waals surface area contributed by atoms with E-state index in [1.807, 2.05) is 21.8 Å². The number of amides is 1. The molecule has 2 aliphatic rings. The maximum atomic E-state index is 12.3. The number of carbonyl (C=O) groups excluding carboxylic acids is 1. The molecule has 1 spiro atoms. The van der Waals surface area contributed by atoms with E-state index in [9.17, 15) is 9.90 Å². The first-order chi connectivity index (χ1) is 10.7. The molecular weight excluding hydrogens is 282 g/mol. The van der Waals surface area contributed by atoms with Gasteiger partial charge in [-0.3, -0.25) is 9.48 Å². The first-order valence-electron chi connectivity index (χ1n) is 8.27. The van der Waals surface area contributed by atoms with E-state index in [2.05, 4.69) is 5.10 Å². The van der Waals surface area contributed by atoms with Crippen LogP contribution >= 0.6 is 0 Å². The molecule has 122 valence electrons. The molecule has 2 saturated heterocycles. The van der Waals surface area contributed by atoms with Crippen LogP contribution in [-0.4, -0.2) is 57.1 Å². The minimum Gasteiger partial charge on any atom is -0.390 e. The molecule has 0 saturated carbocycles. The predicted molar refractivity (Wildman–Crippen MR) is 81.2 cm³/mol. The average molecular weight is 307 g/mol. The van der Waals surface area contributed by atoms with Crippen molar-refractivity contribution in [3.8, 4) is 0 Å². The van der Waals surface area contributed by atoms with Crippen molar-refractivity contribution in [2.75, 3.05) is 19.7 Å².